The number of carbonyl (C=O) groups excluding carboxylic acids is 1. The van der Waals surface area contributed by atoms with Gasteiger partial charge in [-0.15, -0.1) is 0 Å². The fourth-order valence-electron chi connectivity index (χ4n) is 1.98. The summed E-state index contributed by atoms with van der Waals surface area (Å²) in [7, 11) is 0. The van der Waals surface area contributed by atoms with Gasteiger partial charge in [0.1, 0.15) is 11.6 Å². The monoisotopic (exact) mass is 331 g/mol. The highest BCUT2D eigenvalue weighted by atomic mass is 79.9. The highest BCUT2D eigenvalue weighted by Crippen LogP contribution is 2.20. The molecule has 1 N–H and O–H groups in total. The second kappa shape index (κ2) is 6.68. The van der Waals surface area contributed by atoms with E-state index in [0.29, 0.717) is 17.3 Å². The Morgan fingerprint density at radius 2 is 2.39 bits per heavy atom. The van der Waals surface area contributed by atoms with Crippen molar-refractivity contribution in [1.82, 2.24) is 5.32 Å². The summed E-state index contributed by atoms with van der Waals surface area (Å²) >= 11 is 5.17. The van der Waals surface area contributed by atoms with Crippen LogP contribution in [-0.4, -0.2) is 29.9 Å². The van der Waals surface area contributed by atoms with Crippen molar-refractivity contribution >= 4 is 33.5 Å². The Morgan fingerprint density at radius 3 is 3.06 bits per heavy atom. The highest BCUT2D eigenvalue weighted by Gasteiger charge is 2.17. The third-order valence-corrected chi connectivity index (χ3v) is 4.74. The molecule has 98 valence electrons. The Kier molecular flexibility index (Phi) is 5.21. The summed E-state index contributed by atoms with van der Waals surface area (Å²) < 4.78 is 13.6. The third kappa shape index (κ3) is 4.07. The molecule has 0 spiro atoms. The van der Waals surface area contributed by atoms with Crippen molar-refractivity contribution in [3.63, 3.8) is 0 Å². The summed E-state index contributed by atoms with van der Waals surface area (Å²) in [4.78, 5) is 12.0. The van der Waals surface area contributed by atoms with Crippen LogP contribution < -0.4 is 5.32 Å². The van der Waals surface area contributed by atoms with Gasteiger partial charge in [-0.3, -0.25) is 4.79 Å². The summed E-state index contributed by atoms with van der Waals surface area (Å²) in [5, 5.41) is 3.35. The lowest BCUT2D eigenvalue weighted by Gasteiger charge is -2.22. The molecule has 0 saturated carbocycles. The smallest absolute Gasteiger partial charge is 0.138 e. The highest BCUT2D eigenvalue weighted by molar-refractivity contribution is 9.10. The van der Waals surface area contributed by atoms with Crippen LogP contribution in [0.5, 0.6) is 0 Å². The van der Waals surface area contributed by atoms with Crippen molar-refractivity contribution in [3.8, 4) is 0 Å². The molecule has 0 aromatic heterocycles. The zero-order valence-corrected chi connectivity index (χ0v) is 12.3. The topological polar surface area (TPSA) is 29.1 Å². The van der Waals surface area contributed by atoms with E-state index in [1.807, 2.05) is 11.8 Å². The maximum atomic E-state index is 12.9. The zero-order valence-electron chi connectivity index (χ0n) is 9.92. The van der Waals surface area contributed by atoms with Crippen LogP contribution >= 0.6 is 27.7 Å². The van der Waals surface area contributed by atoms with Gasteiger partial charge in [0.25, 0.3) is 0 Å². The summed E-state index contributed by atoms with van der Waals surface area (Å²) in [5.41, 5.74) is 0.852. The van der Waals surface area contributed by atoms with Gasteiger partial charge in [0.15, 0.2) is 0 Å². The molecule has 0 bridgehead atoms. The van der Waals surface area contributed by atoms with Crippen molar-refractivity contribution in [2.24, 2.45) is 0 Å². The Morgan fingerprint density at radius 1 is 1.56 bits per heavy atom. The molecule has 1 aliphatic rings. The number of hydrogen-bond acceptors (Lipinski definition) is 3. The van der Waals surface area contributed by atoms with Gasteiger partial charge in [0, 0.05) is 41.4 Å². The van der Waals surface area contributed by atoms with E-state index < -0.39 is 0 Å². The van der Waals surface area contributed by atoms with E-state index in [4.69, 9.17) is 0 Å². The van der Waals surface area contributed by atoms with Gasteiger partial charge in [-0.2, -0.15) is 11.8 Å². The largest absolute Gasteiger partial charge is 0.312 e. The molecule has 1 aromatic carbocycles. The van der Waals surface area contributed by atoms with E-state index in [1.54, 1.807) is 6.07 Å². The second-order valence-electron chi connectivity index (χ2n) is 4.38. The van der Waals surface area contributed by atoms with Crippen molar-refractivity contribution in [2.45, 2.75) is 18.9 Å². The fourth-order valence-corrected chi connectivity index (χ4v) is 3.42. The number of rotatable bonds is 4. The summed E-state index contributed by atoms with van der Waals surface area (Å²) in [6.45, 7) is 0.975. The standard InChI is InChI=1S/C13H15BrFNOS/c14-13-6-10(15)2-1-9(13)5-12(17)7-11-8-18-4-3-16-11/h1-2,6,11,16H,3-5,7-8H2. The zero-order chi connectivity index (χ0) is 13.0. The van der Waals surface area contributed by atoms with E-state index in [-0.39, 0.29) is 17.6 Å². The molecule has 1 fully saturated rings. The minimum atomic E-state index is -0.288. The molecule has 1 aromatic rings. The molecule has 1 atom stereocenters. The van der Waals surface area contributed by atoms with Crippen LogP contribution in [0.4, 0.5) is 4.39 Å². The predicted molar refractivity (Wildman–Crippen MR) is 76.5 cm³/mol. The van der Waals surface area contributed by atoms with Crippen LogP contribution in [0, 0.1) is 5.82 Å². The van der Waals surface area contributed by atoms with Gasteiger partial charge in [0.2, 0.25) is 0 Å². The SMILES string of the molecule is O=C(Cc1ccc(F)cc1Br)CC1CSCCN1. The first kappa shape index (κ1) is 14.0. The molecule has 2 rings (SSSR count). The first-order chi connectivity index (χ1) is 8.65. The summed E-state index contributed by atoms with van der Waals surface area (Å²) in [6, 6.07) is 4.75. The molecule has 1 unspecified atom stereocenters. The first-order valence-electron chi connectivity index (χ1n) is 5.92. The van der Waals surface area contributed by atoms with Crippen LogP contribution in [0.15, 0.2) is 22.7 Å². The van der Waals surface area contributed by atoms with Gasteiger partial charge in [-0.1, -0.05) is 22.0 Å². The Hall–Kier alpha value is -0.390. The maximum absolute atomic E-state index is 12.9. The van der Waals surface area contributed by atoms with Crippen molar-refractivity contribution in [3.05, 3.63) is 34.1 Å². The lowest BCUT2D eigenvalue weighted by atomic mass is 10.0. The van der Waals surface area contributed by atoms with E-state index in [1.165, 1.54) is 12.1 Å². The van der Waals surface area contributed by atoms with Gasteiger partial charge in [-0.25, -0.2) is 4.39 Å². The number of Topliss-reactive ketones (excluding diaryl/α,β-unsaturated/α-hetero) is 1. The maximum Gasteiger partial charge on any atom is 0.138 e. The molecule has 18 heavy (non-hydrogen) atoms. The number of ketones is 1. The number of nitrogens with one attached hydrogen (secondary N) is 1. The van der Waals surface area contributed by atoms with Crippen LogP contribution in [0.3, 0.4) is 0 Å². The Labute approximate surface area is 119 Å². The van der Waals surface area contributed by atoms with E-state index in [0.717, 1.165) is 23.6 Å². The lowest BCUT2D eigenvalue weighted by molar-refractivity contribution is -0.118. The first-order valence-corrected chi connectivity index (χ1v) is 7.86. The van der Waals surface area contributed by atoms with E-state index >= 15 is 0 Å². The molecule has 1 heterocycles. The average Bonchev–Trinajstić information content (AvgIpc) is 2.34. The van der Waals surface area contributed by atoms with Crippen LogP contribution in [0.1, 0.15) is 12.0 Å². The second-order valence-corrected chi connectivity index (χ2v) is 6.39. The number of thioether (sulfide) groups is 1. The molecule has 0 amide bonds. The molecule has 1 aliphatic heterocycles. The van der Waals surface area contributed by atoms with Crippen molar-refractivity contribution in [2.75, 3.05) is 18.1 Å². The van der Waals surface area contributed by atoms with Gasteiger partial charge < -0.3 is 5.32 Å². The van der Waals surface area contributed by atoms with Crippen LogP contribution in [0.25, 0.3) is 0 Å². The van der Waals surface area contributed by atoms with E-state index in [2.05, 4.69) is 21.2 Å². The Bertz CT molecular complexity index is 435. The van der Waals surface area contributed by atoms with Crippen LogP contribution in [-0.2, 0) is 11.2 Å². The molecule has 0 aliphatic carbocycles. The fraction of sp³-hybridized carbons (Fsp3) is 0.462. The van der Waals surface area contributed by atoms with Gasteiger partial charge in [-0.05, 0) is 17.7 Å². The molecule has 1 saturated heterocycles. The molecular formula is C13H15BrFNOS. The number of carbonyl (C=O) groups is 1. The van der Waals surface area contributed by atoms with Crippen molar-refractivity contribution in [1.29, 1.82) is 0 Å². The predicted octanol–water partition coefficient (Wildman–Crippen LogP) is 2.79. The normalized spacial score (nSPS) is 19.8. The summed E-state index contributed by atoms with van der Waals surface area (Å²) in [6.07, 6.45) is 0.917. The number of halogens is 2. The molecule has 0 radical (unpaired) electrons. The number of hydrogen-bond donors (Lipinski definition) is 1. The minimum Gasteiger partial charge on any atom is -0.312 e. The third-order valence-electron chi connectivity index (χ3n) is 2.88. The lowest BCUT2D eigenvalue weighted by Crippen LogP contribution is -2.39. The average molecular weight is 332 g/mol. The van der Waals surface area contributed by atoms with Gasteiger partial charge in [0.05, 0.1) is 0 Å². The molecule has 2 nitrogen and oxygen atoms in total. The van der Waals surface area contributed by atoms with E-state index in [9.17, 15) is 9.18 Å². The van der Waals surface area contributed by atoms with Gasteiger partial charge >= 0.3 is 0 Å². The van der Waals surface area contributed by atoms with Crippen LogP contribution in [0.2, 0.25) is 0 Å². The molecule has 5 heteroatoms. The quantitative estimate of drug-likeness (QED) is 0.919. The minimum absolute atomic E-state index is 0.197. The number of benzene rings is 1. The molecular weight excluding hydrogens is 317 g/mol. The Balaban J connectivity index is 1.90. The summed E-state index contributed by atoms with van der Waals surface area (Å²) in [5.74, 6) is 2.02. The van der Waals surface area contributed by atoms with Crippen molar-refractivity contribution < 1.29 is 9.18 Å².